The van der Waals surface area contributed by atoms with E-state index in [9.17, 15) is 4.79 Å². The van der Waals surface area contributed by atoms with Crippen LogP contribution in [0.3, 0.4) is 0 Å². The summed E-state index contributed by atoms with van der Waals surface area (Å²) in [6, 6.07) is 4.01. The minimum atomic E-state index is -0.447. The van der Waals surface area contributed by atoms with Crippen molar-refractivity contribution in [3.8, 4) is 0 Å². The standard InChI is InChI=1S/C15H26N2O3/c1-12(13-8-6-11-19-13)16-9-7-10-17(5)14(18)20-15(2,3)4/h6,8,11-12,16H,7,9-10H2,1-5H3. The molecule has 0 fully saturated rings. The summed E-state index contributed by atoms with van der Waals surface area (Å²) in [5.74, 6) is 0.922. The van der Waals surface area contributed by atoms with Gasteiger partial charge in [0, 0.05) is 13.6 Å². The highest BCUT2D eigenvalue weighted by molar-refractivity contribution is 5.67. The van der Waals surface area contributed by atoms with E-state index in [4.69, 9.17) is 9.15 Å². The first-order valence-corrected chi connectivity index (χ1v) is 7.00. The lowest BCUT2D eigenvalue weighted by Crippen LogP contribution is -2.35. The third kappa shape index (κ3) is 6.10. The zero-order valence-corrected chi connectivity index (χ0v) is 13.1. The van der Waals surface area contributed by atoms with Gasteiger partial charge in [-0.1, -0.05) is 0 Å². The lowest BCUT2D eigenvalue weighted by atomic mass is 10.2. The molecule has 5 heteroatoms. The van der Waals surface area contributed by atoms with Crippen LogP contribution >= 0.6 is 0 Å². The second-order valence-electron chi connectivity index (χ2n) is 5.95. The number of amides is 1. The third-order valence-electron chi connectivity index (χ3n) is 2.80. The summed E-state index contributed by atoms with van der Waals surface area (Å²) in [5, 5.41) is 3.36. The quantitative estimate of drug-likeness (QED) is 0.814. The van der Waals surface area contributed by atoms with Gasteiger partial charge in [-0.25, -0.2) is 4.79 Å². The summed E-state index contributed by atoms with van der Waals surface area (Å²) in [4.78, 5) is 13.3. The first-order valence-electron chi connectivity index (χ1n) is 7.00. The summed E-state index contributed by atoms with van der Waals surface area (Å²) in [6.45, 7) is 9.13. The maximum Gasteiger partial charge on any atom is 0.410 e. The number of nitrogens with one attached hydrogen (secondary N) is 1. The molecular weight excluding hydrogens is 256 g/mol. The zero-order valence-electron chi connectivity index (χ0n) is 13.1. The summed E-state index contributed by atoms with van der Waals surface area (Å²) < 4.78 is 10.6. The second kappa shape index (κ2) is 7.33. The average Bonchev–Trinajstić information content (AvgIpc) is 2.85. The highest BCUT2D eigenvalue weighted by Crippen LogP contribution is 2.12. The Hall–Kier alpha value is -1.49. The summed E-state index contributed by atoms with van der Waals surface area (Å²) in [7, 11) is 1.75. The molecule has 0 radical (unpaired) electrons. The van der Waals surface area contributed by atoms with E-state index in [0.717, 1.165) is 18.7 Å². The van der Waals surface area contributed by atoms with E-state index in [-0.39, 0.29) is 12.1 Å². The van der Waals surface area contributed by atoms with E-state index < -0.39 is 5.60 Å². The number of ether oxygens (including phenoxy) is 1. The first kappa shape index (κ1) is 16.6. The Morgan fingerprint density at radius 1 is 1.50 bits per heavy atom. The zero-order chi connectivity index (χ0) is 15.2. The topological polar surface area (TPSA) is 54.7 Å². The molecule has 1 aromatic heterocycles. The van der Waals surface area contributed by atoms with E-state index in [1.54, 1.807) is 18.2 Å². The Balaban J connectivity index is 2.19. The summed E-state index contributed by atoms with van der Waals surface area (Å²) in [6.07, 6.45) is 2.25. The van der Waals surface area contributed by atoms with Crippen molar-refractivity contribution in [2.75, 3.05) is 20.1 Å². The van der Waals surface area contributed by atoms with Gasteiger partial charge in [0.1, 0.15) is 11.4 Å². The Labute approximate surface area is 121 Å². The van der Waals surface area contributed by atoms with Crippen LogP contribution in [0.5, 0.6) is 0 Å². The van der Waals surface area contributed by atoms with Crippen LogP contribution in [0, 0.1) is 0 Å². The Bertz CT molecular complexity index is 396. The van der Waals surface area contributed by atoms with Crippen molar-refractivity contribution in [3.63, 3.8) is 0 Å². The third-order valence-corrected chi connectivity index (χ3v) is 2.80. The Kier molecular flexibility index (Phi) is 6.07. The van der Waals surface area contributed by atoms with Gasteiger partial charge in [-0.2, -0.15) is 0 Å². The molecular formula is C15H26N2O3. The van der Waals surface area contributed by atoms with Crippen LogP contribution in [0.25, 0.3) is 0 Å². The first-order chi connectivity index (χ1) is 9.29. The van der Waals surface area contributed by atoms with Crippen LogP contribution in [0.2, 0.25) is 0 Å². The van der Waals surface area contributed by atoms with Crippen molar-refractivity contribution < 1.29 is 13.9 Å². The second-order valence-corrected chi connectivity index (χ2v) is 5.95. The molecule has 0 aliphatic heterocycles. The Morgan fingerprint density at radius 3 is 2.75 bits per heavy atom. The molecule has 1 heterocycles. The fraction of sp³-hybridized carbons (Fsp3) is 0.667. The van der Waals surface area contributed by atoms with E-state index in [0.29, 0.717) is 6.54 Å². The van der Waals surface area contributed by atoms with Crippen LogP contribution in [-0.2, 0) is 4.74 Å². The molecule has 0 aliphatic rings. The molecule has 1 unspecified atom stereocenters. The molecule has 1 rings (SSSR count). The fourth-order valence-electron chi connectivity index (χ4n) is 1.70. The summed E-state index contributed by atoms with van der Waals surface area (Å²) >= 11 is 0. The number of carbonyl (C=O) groups is 1. The highest BCUT2D eigenvalue weighted by atomic mass is 16.6. The van der Waals surface area contributed by atoms with Gasteiger partial charge in [-0.15, -0.1) is 0 Å². The van der Waals surface area contributed by atoms with Crippen LogP contribution in [0.15, 0.2) is 22.8 Å². The van der Waals surface area contributed by atoms with E-state index in [2.05, 4.69) is 12.2 Å². The molecule has 114 valence electrons. The minimum absolute atomic E-state index is 0.178. The van der Waals surface area contributed by atoms with Crippen LogP contribution in [0.4, 0.5) is 4.79 Å². The number of furan rings is 1. The van der Waals surface area contributed by atoms with Crippen molar-refractivity contribution in [2.24, 2.45) is 0 Å². The lowest BCUT2D eigenvalue weighted by molar-refractivity contribution is 0.0297. The molecule has 0 aromatic carbocycles. The largest absolute Gasteiger partial charge is 0.468 e. The van der Waals surface area contributed by atoms with Crippen LogP contribution in [-0.4, -0.2) is 36.7 Å². The van der Waals surface area contributed by atoms with E-state index in [1.165, 1.54) is 0 Å². The number of rotatable bonds is 6. The molecule has 1 atom stereocenters. The molecule has 20 heavy (non-hydrogen) atoms. The van der Waals surface area contributed by atoms with Crippen molar-refractivity contribution in [1.82, 2.24) is 10.2 Å². The normalized spacial score (nSPS) is 13.1. The van der Waals surface area contributed by atoms with Crippen LogP contribution < -0.4 is 5.32 Å². The monoisotopic (exact) mass is 282 g/mol. The molecule has 5 nitrogen and oxygen atoms in total. The predicted molar refractivity (Wildman–Crippen MR) is 78.6 cm³/mol. The molecule has 0 saturated carbocycles. The fourth-order valence-corrected chi connectivity index (χ4v) is 1.70. The lowest BCUT2D eigenvalue weighted by Gasteiger charge is -2.24. The van der Waals surface area contributed by atoms with E-state index in [1.807, 2.05) is 32.9 Å². The minimum Gasteiger partial charge on any atom is -0.468 e. The van der Waals surface area contributed by atoms with Gasteiger partial charge in [-0.05, 0) is 52.8 Å². The molecule has 0 aliphatic carbocycles. The number of nitrogens with zero attached hydrogens (tertiary/aromatic N) is 1. The number of hydrogen-bond acceptors (Lipinski definition) is 4. The molecule has 0 saturated heterocycles. The van der Waals surface area contributed by atoms with Crippen molar-refractivity contribution in [3.05, 3.63) is 24.2 Å². The Morgan fingerprint density at radius 2 is 2.20 bits per heavy atom. The van der Waals surface area contributed by atoms with Gasteiger partial charge < -0.3 is 19.4 Å². The van der Waals surface area contributed by atoms with Gasteiger partial charge in [-0.3, -0.25) is 0 Å². The van der Waals surface area contributed by atoms with Crippen molar-refractivity contribution >= 4 is 6.09 Å². The average molecular weight is 282 g/mol. The molecule has 0 spiro atoms. The molecule has 1 aromatic rings. The van der Waals surface area contributed by atoms with Gasteiger partial charge in [0.2, 0.25) is 0 Å². The molecule has 1 N–H and O–H groups in total. The van der Waals surface area contributed by atoms with Crippen LogP contribution in [0.1, 0.15) is 45.9 Å². The molecule has 1 amide bonds. The van der Waals surface area contributed by atoms with E-state index >= 15 is 0 Å². The maximum atomic E-state index is 11.7. The van der Waals surface area contributed by atoms with Crippen molar-refractivity contribution in [1.29, 1.82) is 0 Å². The number of hydrogen-bond donors (Lipinski definition) is 1. The summed E-state index contributed by atoms with van der Waals surface area (Å²) in [5.41, 5.74) is -0.447. The predicted octanol–water partition coefficient (Wildman–Crippen LogP) is 3.19. The molecule has 0 bridgehead atoms. The highest BCUT2D eigenvalue weighted by Gasteiger charge is 2.19. The number of carbonyl (C=O) groups excluding carboxylic acids is 1. The maximum absolute atomic E-state index is 11.7. The smallest absolute Gasteiger partial charge is 0.410 e. The van der Waals surface area contributed by atoms with Crippen molar-refractivity contribution in [2.45, 2.75) is 45.8 Å². The SMILES string of the molecule is CC(NCCCN(C)C(=O)OC(C)(C)C)c1ccco1. The van der Waals surface area contributed by atoms with Gasteiger partial charge in [0.05, 0.1) is 12.3 Å². The van der Waals surface area contributed by atoms with Gasteiger partial charge in [0.25, 0.3) is 0 Å². The van der Waals surface area contributed by atoms with Gasteiger partial charge >= 0.3 is 6.09 Å². The van der Waals surface area contributed by atoms with Gasteiger partial charge in [0.15, 0.2) is 0 Å².